The van der Waals surface area contributed by atoms with E-state index in [1.807, 2.05) is 11.3 Å². The third-order valence-corrected chi connectivity index (χ3v) is 17.6. The SMILES string of the molecule is c1ccc(N(c2ccc(-c3ccc4ccccc4c3)cc2)c2ccc3c(c2)[Si](c2ccccc2)(c2ccccc2)c2ccc4c(sc5ccccc54)c2-3)cc1. The van der Waals surface area contributed by atoms with E-state index in [1.54, 1.807) is 0 Å². The molecule has 0 fully saturated rings. The van der Waals surface area contributed by atoms with Gasteiger partial charge in [0.2, 0.25) is 0 Å². The molecule has 0 bridgehead atoms. The summed E-state index contributed by atoms with van der Waals surface area (Å²) in [6.07, 6.45) is 0. The molecule has 1 aromatic heterocycles. The van der Waals surface area contributed by atoms with Crippen molar-refractivity contribution in [3.63, 3.8) is 0 Å². The van der Waals surface area contributed by atoms with Crippen LogP contribution in [0, 0.1) is 0 Å². The predicted molar refractivity (Wildman–Crippen MR) is 240 cm³/mol. The molecule has 55 heavy (non-hydrogen) atoms. The Labute approximate surface area is 326 Å². The lowest BCUT2D eigenvalue weighted by molar-refractivity contribution is 1.29. The normalized spacial score (nSPS) is 12.9. The number of thiophene rings is 1. The Balaban J connectivity index is 1.15. The molecular formula is C52H35NSSi. The van der Waals surface area contributed by atoms with Gasteiger partial charge >= 0.3 is 0 Å². The van der Waals surface area contributed by atoms with E-state index in [4.69, 9.17) is 0 Å². The van der Waals surface area contributed by atoms with Gasteiger partial charge < -0.3 is 4.90 Å². The molecule has 9 aromatic carbocycles. The van der Waals surface area contributed by atoms with Gasteiger partial charge in [-0.3, -0.25) is 0 Å². The topological polar surface area (TPSA) is 3.24 Å². The lowest BCUT2D eigenvalue weighted by atomic mass is 10.0. The first-order valence-corrected chi connectivity index (χ1v) is 21.7. The van der Waals surface area contributed by atoms with Gasteiger partial charge in [0.15, 0.2) is 8.07 Å². The average Bonchev–Trinajstić information content (AvgIpc) is 3.79. The van der Waals surface area contributed by atoms with Crippen molar-refractivity contribution in [3.05, 3.63) is 212 Å². The molecule has 11 rings (SSSR count). The van der Waals surface area contributed by atoms with Crippen LogP contribution in [-0.2, 0) is 0 Å². The smallest absolute Gasteiger partial charge is 0.181 e. The maximum atomic E-state index is 2.53. The number of fused-ring (bicyclic) bond motifs is 8. The van der Waals surface area contributed by atoms with Crippen molar-refractivity contribution >= 4 is 88.2 Å². The molecule has 0 unspecified atom stereocenters. The van der Waals surface area contributed by atoms with E-state index in [0.29, 0.717) is 0 Å². The molecule has 0 saturated heterocycles. The van der Waals surface area contributed by atoms with Gasteiger partial charge in [0.05, 0.1) is 0 Å². The number of benzene rings is 9. The zero-order chi connectivity index (χ0) is 36.3. The van der Waals surface area contributed by atoms with E-state index >= 15 is 0 Å². The summed E-state index contributed by atoms with van der Waals surface area (Å²) >= 11 is 1.94. The minimum atomic E-state index is -2.77. The van der Waals surface area contributed by atoms with E-state index in [2.05, 4.69) is 217 Å². The van der Waals surface area contributed by atoms with Crippen LogP contribution in [0.25, 0.3) is 53.2 Å². The Morgan fingerprint density at radius 2 is 0.982 bits per heavy atom. The molecule has 2 heterocycles. The molecule has 3 heteroatoms. The average molecular weight is 734 g/mol. The second kappa shape index (κ2) is 12.8. The summed E-state index contributed by atoms with van der Waals surface area (Å²) in [4.78, 5) is 2.43. The summed E-state index contributed by atoms with van der Waals surface area (Å²) in [5, 5.41) is 10.9. The number of anilines is 3. The van der Waals surface area contributed by atoms with Gasteiger partial charge in [0.25, 0.3) is 0 Å². The van der Waals surface area contributed by atoms with Crippen LogP contribution in [0.3, 0.4) is 0 Å². The van der Waals surface area contributed by atoms with Gasteiger partial charge in [-0.15, -0.1) is 11.3 Å². The number of nitrogens with zero attached hydrogens (tertiary/aromatic N) is 1. The molecule has 10 aromatic rings. The summed E-state index contributed by atoms with van der Waals surface area (Å²) in [5.74, 6) is 0. The van der Waals surface area contributed by atoms with Gasteiger partial charge in [0.1, 0.15) is 0 Å². The van der Waals surface area contributed by atoms with E-state index in [-0.39, 0.29) is 0 Å². The summed E-state index contributed by atoms with van der Waals surface area (Å²) in [5.41, 5.74) is 8.62. The van der Waals surface area contributed by atoms with E-state index < -0.39 is 8.07 Å². The van der Waals surface area contributed by atoms with Crippen LogP contribution in [0.2, 0.25) is 0 Å². The number of hydrogen-bond acceptors (Lipinski definition) is 2. The molecule has 1 aliphatic heterocycles. The number of hydrogen-bond donors (Lipinski definition) is 0. The molecular weight excluding hydrogens is 699 g/mol. The fourth-order valence-corrected chi connectivity index (χ4v) is 15.6. The highest BCUT2D eigenvalue weighted by atomic mass is 32.1. The van der Waals surface area contributed by atoms with Gasteiger partial charge in [-0.2, -0.15) is 0 Å². The predicted octanol–water partition coefficient (Wildman–Crippen LogP) is 11.7. The molecule has 258 valence electrons. The highest BCUT2D eigenvalue weighted by molar-refractivity contribution is 7.28. The van der Waals surface area contributed by atoms with Crippen molar-refractivity contribution in [2.45, 2.75) is 0 Å². The highest BCUT2D eigenvalue weighted by Crippen LogP contribution is 2.44. The lowest BCUT2D eigenvalue weighted by Crippen LogP contribution is -2.72. The van der Waals surface area contributed by atoms with Crippen molar-refractivity contribution in [1.29, 1.82) is 0 Å². The third kappa shape index (κ3) is 4.98. The second-order valence-electron chi connectivity index (χ2n) is 14.5. The largest absolute Gasteiger partial charge is 0.311 e. The maximum absolute atomic E-state index is 2.77. The molecule has 1 nitrogen and oxygen atoms in total. The Morgan fingerprint density at radius 1 is 0.382 bits per heavy atom. The molecule has 0 saturated carbocycles. The van der Waals surface area contributed by atoms with Crippen molar-refractivity contribution in [2.75, 3.05) is 4.90 Å². The van der Waals surface area contributed by atoms with Crippen LogP contribution in [0.5, 0.6) is 0 Å². The quantitative estimate of drug-likeness (QED) is 0.154. The van der Waals surface area contributed by atoms with Crippen LogP contribution in [0.15, 0.2) is 212 Å². The van der Waals surface area contributed by atoms with Crippen LogP contribution in [0.4, 0.5) is 17.1 Å². The zero-order valence-corrected chi connectivity index (χ0v) is 31.9. The van der Waals surface area contributed by atoms with Crippen LogP contribution >= 0.6 is 11.3 Å². The first-order valence-electron chi connectivity index (χ1n) is 18.9. The minimum Gasteiger partial charge on any atom is -0.311 e. The molecule has 0 amide bonds. The van der Waals surface area contributed by atoms with Crippen molar-refractivity contribution < 1.29 is 0 Å². The van der Waals surface area contributed by atoms with Crippen LogP contribution < -0.4 is 25.6 Å². The summed E-state index contributed by atoms with van der Waals surface area (Å²) in [7, 11) is -2.77. The van der Waals surface area contributed by atoms with Gasteiger partial charge in [-0.25, -0.2) is 0 Å². The van der Waals surface area contributed by atoms with Crippen molar-refractivity contribution in [1.82, 2.24) is 0 Å². The zero-order valence-electron chi connectivity index (χ0n) is 30.1. The Bertz CT molecular complexity index is 2990. The Morgan fingerprint density at radius 3 is 1.73 bits per heavy atom. The molecule has 0 spiro atoms. The molecule has 1 aliphatic rings. The molecule has 0 aliphatic carbocycles. The van der Waals surface area contributed by atoms with Crippen molar-refractivity contribution in [2.24, 2.45) is 0 Å². The fraction of sp³-hybridized carbons (Fsp3) is 0. The highest BCUT2D eigenvalue weighted by Gasteiger charge is 2.49. The van der Waals surface area contributed by atoms with Crippen molar-refractivity contribution in [3.8, 4) is 22.3 Å². The first kappa shape index (κ1) is 32.0. The first-order chi connectivity index (χ1) is 27.3. The molecule has 0 radical (unpaired) electrons. The van der Waals surface area contributed by atoms with Gasteiger partial charge in [0, 0.05) is 37.2 Å². The van der Waals surface area contributed by atoms with Gasteiger partial charge in [-0.05, 0) is 102 Å². The van der Waals surface area contributed by atoms with Crippen LogP contribution in [0.1, 0.15) is 0 Å². The van der Waals surface area contributed by atoms with Crippen LogP contribution in [-0.4, -0.2) is 8.07 Å². The Hall–Kier alpha value is -6.52. The maximum Gasteiger partial charge on any atom is 0.181 e. The Kier molecular flexibility index (Phi) is 7.44. The number of rotatable bonds is 6. The summed E-state index contributed by atoms with van der Waals surface area (Å²) < 4.78 is 2.73. The second-order valence-corrected chi connectivity index (χ2v) is 19.2. The summed E-state index contributed by atoms with van der Waals surface area (Å²) in [6, 6.07) is 79.0. The summed E-state index contributed by atoms with van der Waals surface area (Å²) in [6.45, 7) is 0. The number of para-hydroxylation sites is 1. The lowest BCUT2D eigenvalue weighted by Gasteiger charge is -2.32. The molecule has 0 atom stereocenters. The fourth-order valence-electron chi connectivity index (χ4n) is 9.07. The monoisotopic (exact) mass is 733 g/mol. The van der Waals surface area contributed by atoms with E-state index in [1.165, 1.54) is 73.9 Å². The third-order valence-electron chi connectivity index (χ3n) is 11.5. The molecule has 0 N–H and O–H groups in total. The van der Waals surface area contributed by atoms with Gasteiger partial charge in [-0.1, -0.05) is 164 Å². The standard InChI is InChI=1S/C52H35NSSi/c1-4-16-40(17-5-1)53(41-28-26-37(27-29-41)39-25-24-36-14-10-11-15-38(36)34-39)42-30-31-47-50(35-42)55(43-18-6-2-7-19-43,44-20-8-3-9-21-44)49-33-32-46-45-22-12-13-23-48(45)54-52(46)51(47)49/h1-35H. The van der Waals surface area contributed by atoms with E-state index in [9.17, 15) is 0 Å². The van der Waals surface area contributed by atoms with E-state index in [0.717, 1.165) is 17.1 Å². The minimum absolute atomic E-state index is 1.13.